The van der Waals surface area contributed by atoms with Crippen LogP contribution < -0.4 is 10.6 Å². The summed E-state index contributed by atoms with van der Waals surface area (Å²) in [5.41, 5.74) is 0.591. The van der Waals surface area contributed by atoms with Gasteiger partial charge >= 0.3 is 0 Å². The Kier molecular flexibility index (Phi) is 8.93. The molecule has 2 rings (SSSR count). The van der Waals surface area contributed by atoms with Crippen LogP contribution >= 0.6 is 12.4 Å². The van der Waals surface area contributed by atoms with Crippen LogP contribution in [0.4, 0.5) is 0 Å². The van der Waals surface area contributed by atoms with Gasteiger partial charge in [0.15, 0.2) is 0 Å². The van der Waals surface area contributed by atoms with Crippen molar-refractivity contribution in [3.05, 3.63) is 35.9 Å². The van der Waals surface area contributed by atoms with Gasteiger partial charge in [0.25, 0.3) is 5.91 Å². The maximum absolute atomic E-state index is 13.0. The second-order valence-corrected chi connectivity index (χ2v) is 6.70. The molecule has 1 aromatic carbocycles. The number of nitrogens with one attached hydrogen (secondary N) is 2. The molecule has 6 heteroatoms. The van der Waals surface area contributed by atoms with E-state index in [1.165, 1.54) is 0 Å². The molecule has 3 atom stereocenters. The first-order valence-corrected chi connectivity index (χ1v) is 8.86. The Hall–Kier alpha value is -1.59. The van der Waals surface area contributed by atoms with Gasteiger partial charge in [0.2, 0.25) is 5.91 Å². The summed E-state index contributed by atoms with van der Waals surface area (Å²) in [5, 5.41) is 6.14. The molecule has 0 radical (unpaired) electrons. The Balaban J connectivity index is 0.00000312. The lowest BCUT2D eigenvalue weighted by molar-refractivity contribution is -0.133. The number of hydrogen-bond donors (Lipinski definition) is 2. The summed E-state index contributed by atoms with van der Waals surface area (Å²) < 4.78 is 0. The summed E-state index contributed by atoms with van der Waals surface area (Å²) in [5.74, 6) is 0.474. The Morgan fingerprint density at radius 2 is 1.96 bits per heavy atom. The predicted molar refractivity (Wildman–Crippen MR) is 103 cm³/mol. The van der Waals surface area contributed by atoms with Crippen LogP contribution in [0.1, 0.15) is 37.0 Å². The summed E-state index contributed by atoms with van der Waals surface area (Å²) in [4.78, 5) is 27.3. The summed E-state index contributed by atoms with van der Waals surface area (Å²) in [6, 6.07) is 8.62. The molecule has 1 aromatic rings. The molecule has 0 spiro atoms. The molecular formula is C19H30ClN3O2. The Labute approximate surface area is 157 Å². The van der Waals surface area contributed by atoms with Gasteiger partial charge in [0.05, 0.1) is 0 Å². The largest absolute Gasteiger partial charge is 0.341 e. The highest BCUT2D eigenvalue weighted by Gasteiger charge is 2.33. The van der Waals surface area contributed by atoms with E-state index in [9.17, 15) is 9.59 Å². The van der Waals surface area contributed by atoms with Crippen LogP contribution in [0, 0.1) is 11.8 Å². The minimum Gasteiger partial charge on any atom is -0.341 e. The molecule has 5 nitrogen and oxygen atoms in total. The Morgan fingerprint density at radius 1 is 1.28 bits per heavy atom. The number of hydrogen-bond acceptors (Lipinski definition) is 3. The number of likely N-dealkylation sites (tertiary alicyclic amines) is 1. The standard InChI is InChI=1S/C19H29N3O2.ClH/c1-4-14(2)17(21-18(23)16-8-6-5-7-9-16)19(24)22-11-10-15(13-22)12-20-3;/h5-9,14-15,17,20H,4,10-13H2,1-3H3,(H,21,23);1H. The number of halogens is 1. The minimum atomic E-state index is -0.462. The summed E-state index contributed by atoms with van der Waals surface area (Å²) >= 11 is 0. The fourth-order valence-corrected chi connectivity index (χ4v) is 3.18. The fourth-order valence-electron chi connectivity index (χ4n) is 3.18. The summed E-state index contributed by atoms with van der Waals surface area (Å²) in [6.45, 7) is 6.55. The van der Waals surface area contributed by atoms with E-state index in [0.29, 0.717) is 11.5 Å². The minimum absolute atomic E-state index is 0. The molecule has 3 unspecified atom stereocenters. The van der Waals surface area contributed by atoms with Crippen LogP contribution in [-0.4, -0.2) is 49.4 Å². The molecular weight excluding hydrogens is 338 g/mol. The van der Waals surface area contributed by atoms with E-state index in [2.05, 4.69) is 10.6 Å². The third-order valence-corrected chi connectivity index (χ3v) is 4.89. The number of rotatable bonds is 7. The van der Waals surface area contributed by atoms with Crippen molar-refractivity contribution in [2.24, 2.45) is 11.8 Å². The first kappa shape index (κ1) is 21.5. The van der Waals surface area contributed by atoms with E-state index in [1.807, 2.05) is 44.0 Å². The van der Waals surface area contributed by atoms with Crippen LogP contribution in [-0.2, 0) is 4.79 Å². The molecule has 1 aliphatic rings. The molecule has 0 aliphatic carbocycles. The van der Waals surface area contributed by atoms with E-state index in [1.54, 1.807) is 12.1 Å². The lowest BCUT2D eigenvalue weighted by Crippen LogP contribution is -2.51. The van der Waals surface area contributed by atoms with E-state index >= 15 is 0 Å². The van der Waals surface area contributed by atoms with Crippen molar-refractivity contribution >= 4 is 24.2 Å². The van der Waals surface area contributed by atoms with Gasteiger partial charge in [-0.3, -0.25) is 9.59 Å². The van der Waals surface area contributed by atoms with Crippen LogP contribution in [0.15, 0.2) is 30.3 Å². The molecule has 25 heavy (non-hydrogen) atoms. The number of benzene rings is 1. The molecule has 0 bridgehead atoms. The van der Waals surface area contributed by atoms with Gasteiger partial charge in [-0.15, -0.1) is 12.4 Å². The molecule has 1 aliphatic heterocycles. The highest BCUT2D eigenvalue weighted by atomic mass is 35.5. The topological polar surface area (TPSA) is 61.4 Å². The average molecular weight is 368 g/mol. The van der Waals surface area contributed by atoms with Crippen molar-refractivity contribution in [2.45, 2.75) is 32.7 Å². The zero-order valence-corrected chi connectivity index (χ0v) is 16.1. The van der Waals surface area contributed by atoms with Gasteiger partial charge in [-0.2, -0.15) is 0 Å². The normalized spacial score (nSPS) is 19.0. The van der Waals surface area contributed by atoms with Gasteiger partial charge in [0, 0.05) is 18.7 Å². The Morgan fingerprint density at radius 3 is 2.56 bits per heavy atom. The van der Waals surface area contributed by atoms with Crippen molar-refractivity contribution < 1.29 is 9.59 Å². The predicted octanol–water partition coefficient (Wildman–Crippen LogP) is 2.32. The number of nitrogens with zero attached hydrogens (tertiary/aromatic N) is 1. The van der Waals surface area contributed by atoms with E-state index < -0.39 is 6.04 Å². The Bertz CT molecular complexity index is 553. The van der Waals surface area contributed by atoms with Crippen LogP contribution in [0.2, 0.25) is 0 Å². The summed E-state index contributed by atoms with van der Waals surface area (Å²) in [7, 11) is 1.94. The molecule has 2 N–H and O–H groups in total. The summed E-state index contributed by atoms with van der Waals surface area (Å²) in [6.07, 6.45) is 1.87. The quantitative estimate of drug-likeness (QED) is 0.777. The zero-order chi connectivity index (χ0) is 17.5. The first-order chi connectivity index (χ1) is 11.6. The second-order valence-electron chi connectivity index (χ2n) is 6.70. The molecule has 2 amide bonds. The average Bonchev–Trinajstić information content (AvgIpc) is 3.08. The van der Waals surface area contributed by atoms with Gasteiger partial charge < -0.3 is 15.5 Å². The third-order valence-electron chi connectivity index (χ3n) is 4.89. The SMILES string of the molecule is CCC(C)C(NC(=O)c1ccccc1)C(=O)N1CCC(CNC)C1.Cl. The monoisotopic (exact) mass is 367 g/mol. The van der Waals surface area contributed by atoms with Crippen LogP contribution in [0.5, 0.6) is 0 Å². The third kappa shape index (κ3) is 5.72. The number of amides is 2. The zero-order valence-electron chi connectivity index (χ0n) is 15.3. The van der Waals surface area contributed by atoms with Gasteiger partial charge in [-0.25, -0.2) is 0 Å². The number of carbonyl (C=O) groups excluding carboxylic acids is 2. The molecule has 0 aromatic heterocycles. The van der Waals surface area contributed by atoms with E-state index in [0.717, 1.165) is 32.5 Å². The maximum Gasteiger partial charge on any atom is 0.251 e. The second kappa shape index (κ2) is 10.4. The van der Waals surface area contributed by atoms with Crippen molar-refractivity contribution in [3.63, 3.8) is 0 Å². The molecule has 0 saturated carbocycles. The van der Waals surface area contributed by atoms with Gasteiger partial charge in [0.1, 0.15) is 6.04 Å². The fraction of sp³-hybridized carbons (Fsp3) is 0.579. The van der Waals surface area contributed by atoms with E-state index in [4.69, 9.17) is 0 Å². The highest BCUT2D eigenvalue weighted by molar-refractivity contribution is 5.97. The lowest BCUT2D eigenvalue weighted by Gasteiger charge is -2.28. The molecule has 1 fully saturated rings. The van der Waals surface area contributed by atoms with Gasteiger partial charge in [-0.05, 0) is 44.0 Å². The highest BCUT2D eigenvalue weighted by Crippen LogP contribution is 2.19. The maximum atomic E-state index is 13.0. The molecule has 1 heterocycles. The lowest BCUT2D eigenvalue weighted by atomic mass is 9.97. The van der Waals surface area contributed by atoms with Crippen molar-refractivity contribution in [3.8, 4) is 0 Å². The first-order valence-electron chi connectivity index (χ1n) is 8.86. The van der Waals surface area contributed by atoms with Crippen molar-refractivity contribution in [1.82, 2.24) is 15.5 Å². The smallest absolute Gasteiger partial charge is 0.251 e. The van der Waals surface area contributed by atoms with Crippen molar-refractivity contribution in [2.75, 3.05) is 26.7 Å². The van der Waals surface area contributed by atoms with Crippen molar-refractivity contribution in [1.29, 1.82) is 0 Å². The molecule has 1 saturated heterocycles. The number of carbonyl (C=O) groups is 2. The van der Waals surface area contributed by atoms with Crippen LogP contribution in [0.25, 0.3) is 0 Å². The van der Waals surface area contributed by atoms with E-state index in [-0.39, 0.29) is 30.1 Å². The van der Waals surface area contributed by atoms with Gasteiger partial charge in [-0.1, -0.05) is 38.5 Å². The van der Waals surface area contributed by atoms with Crippen LogP contribution in [0.3, 0.4) is 0 Å². The molecule has 140 valence electrons.